The molecule has 5 rings (SSSR count). The van der Waals surface area contributed by atoms with Crippen molar-refractivity contribution < 1.29 is 23.5 Å². The van der Waals surface area contributed by atoms with Crippen molar-refractivity contribution in [2.45, 2.75) is 19.5 Å². The smallest absolute Gasteiger partial charge is 0.331 e. The van der Waals surface area contributed by atoms with E-state index in [4.69, 9.17) is 20.8 Å². The lowest BCUT2D eigenvalue weighted by Gasteiger charge is -2.25. The van der Waals surface area contributed by atoms with E-state index in [0.29, 0.717) is 41.7 Å². The van der Waals surface area contributed by atoms with Gasteiger partial charge in [0.05, 0.1) is 24.4 Å². The Labute approximate surface area is 211 Å². The number of para-hydroxylation sites is 2. The van der Waals surface area contributed by atoms with Crippen molar-refractivity contribution in [2.24, 2.45) is 0 Å². The number of benzene rings is 2. The van der Waals surface area contributed by atoms with Crippen LogP contribution in [-0.4, -0.2) is 33.9 Å². The summed E-state index contributed by atoms with van der Waals surface area (Å²) < 4.78 is 13.1. The summed E-state index contributed by atoms with van der Waals surface area (Å²) in [6.45, 7) is 1.05. The molecule has 0 bridgehead atoms. The van der Waals surface area contributed by atoms with Gasteiger partial charge in [-0.05, 0) is 42.8 Å². The van der Waals surface area contributed by atoms with Crippen LogP contribution in [0.15, 0.2) is 83.1 Å². The van der Waals surface area contributed by atoms with Gasteiger partial charge in [0.2, 0.25) is 0 Å². The van der Waals surface area contributed by atoms with Crippen molar-refractivity contribution in [1.29, 1.82) is 0 Å². The molecule has 36 heavy (non-hydrogen) atoms. The molecule has 182 valence electrons. The molecule has 2 aromatic carbocycles. The molecule has 9 heteroatoms. The molecule has 0 spiro atoms. The van der Waals surface area contributed by atoms with Gasteiger partial charge >= 0.3 is 6.03 Å². The number of nitrogens with one attached hydrogen (secondary N) is 1. The number of hydrogen-bond acceptors (Lipinski definition) is 5. The number of furan rings is 1. The Hall–Kier alpha value is -4.30. The Morgan fingerprint density at radius 1 is 1.00 bits per heavy atom. The first kappa shape index (κ1) is 23.4. The van der Waals surface area contributed by atoms with Crippen molar-refractivity contribution in [2.75, 3.05) is 6.61 Å². The van der Waals surface area contributed by atoms with Crippen molar-refractivity contribution in [3.63, 3.8) is 0 Å². The van der Waals surface area contributed by atoms with E-state index in [1.807, 2.05) is 48.7 Å². The first-order valence-electron chi connectivity index (χ1n) is 11.4. The summed E-state index contributed by atoms with van der Waals surface area (Å²) in [6, 6.07) is 17.6. The standard InChI is InChI=1S/C27H22ClN3O5/c28-22-9-2-4-11-24(22)36-14-6-12-30-16-18(20-8-1-3-10-23(20)30)15-21-25(32)29-27(34)31(26(21)33)17-19-7-5-13-35-19/h1-5,7-11,13,15-16H,6,12,14,17H2,(H,29,32,34)/b21-15-. The highest BCUT2D eigenvalue weighted by molar-refractivity contribution is 6.32. The van der Waals surface area contributed by atoms with Crippen LogP contribution in [0, 0.1) is 0 Å². The van der Waals surface area contributed by atoms with E-state index in [1.54, 1.807) is 18.2 Å². The van der Waals surface area contributed by atoms with Gasteiger partial charge in [0.25, 0.3) is 11.8 Å². The SMILES string of the molecule is O=C1NC(=O)N(Cc2ccco2)C(=O)/C1=C\c1cn(CCCOc2ccccc2Cl)c2ccccc12. The number of carbonyl (C=O) groups excluding carboxylic acids is 3. The van der Waals surface area contributed by atoms with Crippen LogP contribution in [0.5, 0.6) is 5.75 Å². The first-order valence-corrected chi connectivity index (χ1v) is 11.8. The van der Waals surface area contributed by atoms with Gasteiger partial charge in [-0.1, -0.05) is 41.9 Å². The number of barbiturate groups is 1. The summed E-state index contributed by atoms with van der Waals surface area (Å²) in [4.78, 5) is 38.9. The highest BCUT2D eigenvalue weighted by Crippen LogP contribution is 2.26. The maximum absolute atomic E-state index is 13.1. The van der Waals surface area contributed by atoms with E-state index >= 15 is 0 Å². The largest absolute Gasteiger partial charge is 0.492 e. The fraction of sp³-hybridized carbons (Fsp3) is 0.148. The molecule has 4 aromatic rings. The molecular formula is C27H22ClN3O5. The Bertz CT molecular complexity index is 1470. The molecule has 0 atom stereocenters. The Morgan fingerprint density at radius 3 is 2.61 bits per heavy atom. The number of amides is 4. The summed E-state index contributed by atoms with van der Waals surface area (Å²) in [5.41, 5.74) is 1.53. The summed E-state index contributed by atoms with van der Waals surface area (Å²) in [6.07, 6.45) is 5.59. The Kier molecular flexibility index (Phi) is 6.60. The van der Waals surface area contributed by atoms with E-state index < -0.39 is 17.8 Å². The van der Waals surface area contributed by atoms with Crippen molar-refractivity contribution in [1.82, 2.24) is 14.8 Å². The maximum Gasteiger partial charge on any atom is 0.331 e. The van der Waals surface area contributed by atoms with Crippen LogP contribution in [0.25, 0.3) is 17.0 Å². The number of nitrogens with zero attached hydrogens (tertiary/aromatic N) is 2. The average molecular weight is 504 g/mol. The molecule has 3 heterocycles. The second-order valence-electron chi connectivity index (χ2n) is 8.22. The quantitative estimate of drug-likeness (QED) is 0.207. The van der Waals surface area contributed by atoms with Gasteiger partial charge in [-0.25, -0.2) is 4.79 Å². The van der Waals surface area contributed by atoms with Crippen LogP contribution in [-0.2, 0) is 22.7 Å². The molecule has 0 unspecified atom stereocenters. The predicted molar refractivity (Wildman–Crippen MR) is 134 cm³/mol. The van der Waals surface area contributed by atoms with E-state index in [2.05, 4.69) is 9.88 Å². The highest BCUT2D eigenvalue weighted by atomic mass is 35.5. The molecule has 1 aliphatic heterocycles. The van der Waals surface area contributed by atoms with Crippen molar-refractivity contribution in [3.8, 4) is 5.75 Å². The summed E-state index contributed by atoms with van der Waals surface area (Å²) >= 11 is 6.15. The number of carbonyl (C=O) groups is 3. The molecule has 1 saturated heterocycles. The van der Waals surface area contributed by atoms with Gasteiger partial charge in [-0.2, -0.15) is 0 Å². The number of urea groups is 1. The van der Waals surface area contributed by atoms with Gasteiger partial charge in [0.15, 0.2) is 0 Å². The minimum atomic E-state index is -0.778. The third-order valence-electron chi connectivity index (χ3n) is 5.84. The van der Waals surface area contributed by atoms with Gasteiger partial charge in [-0.3, -0.25) is 19.8 Å². The summed E-state index contributed by atoms with van der Waals surface area (Å²) in [5.74, 6) is -0.337. The highest BCUT2D eigenvalue weighted by Gasteiger charge is 2.36. The molecule has 2 aromatic heterocycles. The fourth-order valence-corrected chi connectivity index (χ4v) is 4.30. The van der Waals surface area contributed by atoms with Gasteiger partial charge in [0, 0.05) is 29.2 Å². The Morgan fingerprint density at radius 2 is 1.81 bits per heavy atom. The molecular weight excluding hydrogens is 482 g/mol. The minimum absolute atomic E-state index is 0.0739. The average Bonchev–Trinajstić information content (AvgIpc) is 3.51. The molecule has 0 aliphatic carbocycles. The summed E-state index contributed by atoms with van der Waals surface area (Å²) in [5, 5.41) is 3.69. The van der Waals surface area contributed by atoms with Gasteiger partial charge in [-0.15, -0.1) is 0 Å². The predicted octanol–water partition coefficient (Wildman–Crippen LogP) is 5.02. The van der Waals surface area contributed by atoms with Crippen LogP contribution in [0.3, 0.4) is 0 Å². The molecule has 0 radical (unpaired) electrons. The normalized spacial score (nSPS) is 15.1. The molecule has 8 nitrogen and oxygen atoms in total. The molecule has 0 saturated carbocycles. The number of fused-ring (bicyclic) bond motifs is 1. The second kappa shape index (κ2) is 10.1. The lowest BCUT2D eigenvalue weighted by molar-refractivity contribution is -0.130. The third-order valence-corrected chi connectivity index (χ3v) is 6.15. The molecule has 1 N–H and O–H groups in total. The van der Waals surface area contributed by atoms with Crippen LogP contribution in [0.4, 0.5) is 4.79 Å². The molecule has 1 fully saturated rings. The number of halogens is 1. The number of hydrogen-bond donors (Lipinski definition) is 1. The van der Waals surface area contributed by atoms with E-state index in [9.17, 15) is 14.4 Å². The van der Waals surface area contributed by atoms with Crippen molar-refractivity contribution >= 4 is 46.4 Å². The lowest BCUT2D eigenvalue weighted by atomic mass is 10.1. The second-order valence-corrected chi connectivity index (χ2v) is 8.62. The van der Waals surface area contributed by atoms with Gasteiger partial charge < -0.3 is 13.7 Å². The number of aryl methyl sites for hydroxylation is 1. The topological polar surface area (TPSA) is 93.8 Å². The van der Waals surface area contributed by atoms with Crippen LogP contribution >= 0.6 is 11.6 Å². The number of ether oxygens (including phenoxy) is 1. The van der Waals surface area contributed by atoms with Crippen LogP contribution in [0.2, 0.25) is 5.02 Å². The third kappa shape index (κ3) is 4.76. The Balaban J connectivity index is 1.37. The number of imide groups is 2. The van der Waals surface area contributed by atoms with Crippen molar-refractivity contribution in [3.05, 3.63) is 95.0 Å². The number of aromatic nitrogens is 1. The van der Waals surface area contributed by atoms with E-state index in [1.165, 1.54) is 12.3 Å². The lowest BCUT2D eigenvalue weighted by Crippen LogP contribution is -2.53. The zero-order chi connectivity index (χ0) is 25.1. The maximum atomic E-state index is 13.1. The molecule has 4 amide bonds. The van der Waals surface area contributed by atoms with E-state index in [0.717, 1.165) is 15.8 Å². The van der Waals surface area contributed by atoms with Crippen LogP contribution in [0.1, 0.15) is 17.7 Å². The first-order chi connectivity index (χ1) is 17.5. The fourth-order valence-electron chi connectivity index (χ4n) is 4.11. The molecule has 1 aliphatic rings. The minimum Gasteiger partial charge on any atom is -0.492 e. The monoisotopic (exact) mass is 503 g/mol. The zero-order valence-corrected chi connectivity index (χ0v) is 19.9. The van der Waals surface area contributed by atoms with E-state index in [-0.39, 0.29) is 12.1 Å². The van der Waals surface area contributed by atoms with Crippen LogP contribution < -0.4 is 10.1 Å². The zero-order valence-electron chi connectivity index (χ0n) is 19.1. The number of rotatable bonds is 8. The summed E-state index contributed by atoms with van der Waals surface area (Å²) in [7, 11) is 0. The van der Waals surface area contributed by atoms with Gasteiger partial charge in [0.1, 0.15) is 17.1 Å².